The molecule has 2 heterocycles. The van der Waals surface area contributed by atoms with Crippen molar-refractivity contribution in [2.45, 2.75) is 44.9 Å². The third-order valence-corrected chi connectivity index (χ3v) is 8.35. The van der Waals surface area contributed by atoms with Crippen molar-refractivity contribution in [1.82, 2.24) is 9.80 Å². The second kappa shape index (κ2) is 18.0. The maximum Gasteiger partial charge on any atom is 0.259 e. The summed E-state index contributed by atoms with van der Waals surface area (Å²) in [7, 11) is 2.19. The van der Waals surface area contributed by atoms with Crippen LogP contribution in [0.3, 0.4) is 0 Å². The van der Waals surface area contributed by atoms with E-state index in [1.807, 2.05) is 41.3 Å². The van der Waals surface area contributed by atoms with Gasteiger partial charge in [-0.15, -0.1) is 24.8 Å². The Kier molecular flexibility index (Phi) is 14.5. The first kappa shape index (κ1) is 35.4. The summed E-state index contributed by atoms with van der Waals surface area (Å²) in [6.45, 7) is 7.17. The molecule has 2 amide bonds. The molecule has 0 unspecified atom stereocenters. The highest BCUT2D eigenvalue weighted by molar-refractivity contribution is 6.08. The summed E-state index contributed by atoms with van der Waals surface area (Å²) in [5.41, 5.74) is 3.97. The molecule has 0 aromatic heterocycles. The van der Waals surface area contributed by atoms with Crippen molar-refractivity contribution >= 4 is 48.0 Å². The second-order valence-electron chi connectivity index (χ2n) is 11.5. The Morgan fingerprint density at radius 3 is 2.27 bits per heavy atom. The summed E-state index contributed by atoms with van der Waals surface area (Å²) in [4.78, 5) is 33.4. The lowest BCUT2D eigenvalue weighted by Gasteiger charge is -2.32. The molecule has 0 spiro atoms. The van der Waals surface area contributed by atoms with Crippen LogP contribution in [0.1, 0.15) is 64.8 Å². The van der Waals surface area contributed by atoms with Gasteiger partial charge in [-0.2, -0.15) is 0 Å². The van der Waals surface area contributed by atoms with E-state index >= 15 is 0 Å². The van der Waals surface area contributed by atoms with E-state index in [-0.39, 0.29) is 36.6 Å². The minimum atomic E-state index is -0.224. The number of fused-ring (bicyclic) bond motifs is 1. The highest BCUT2D eigenvalue weighted by Gasteiger charge is 2.22. The first-order valence-corrected chi connectivity index (χ1v) is 15.5. The van der Waals surface area contributed by atoms with Gasteiger partial charge in [0.15, 0.2) is 0 Å². The van der Waals surface area contributed by atoms with Crippen LogP contribution >= 0.6 is 24.8 Å². The van der Waals surface area contributed by atoms with Crippen molar-refractivity contribution < 1.29 is 14.3 Å². The van der Waals surface area contributed by atoms with E-state index in [9.17, 15) is 9.59 Å². The van der Waals surface area contributed by atoms with Crippen LogP contribution in [-0.4, -0.2) is 74.5 Å². The third-order valence-electron chi connectivity index (χ3n) is 8.35. The fourth-order valence-electron chi connectivity index (χ4n) is 5.78. The number of ether oxygens (including phenoxy) is 1. The molecule has 0 bridgehead atoms. The Labute approximate surface area is 274 Å². The van der Waals surface area contributed by atoms with Gasteiger partial charge in [0.05, 0.1) is 12.2 Å². The van der Waals surface area contributed by atoms with E-state index in [2.05, 4.69) is 28.2 Å². The van der Waals surface area contributed by atoms with Gasteiger partial charge in [0, 0.05) is 49.7 Å². The molecule has 0 radical (unpaired) electrons. The van der Waals surface area contributed by atoms with Crippen LogP contribution < -0.4 is 15.0 Å². The van der Waals surface area contributed by atoms with Gasteiger partial charge in [0.1, 0.15) is 5.75 Å². The highest BCUT2D eigenvalue weighted by atomic mass is 35.5. The Morgan fingerprint density at radius 2 is 1.48 bits per heavy atom. The van der Waals surface area contributed by atoms with Crippen molar-refractivity contribution in [3.63, 3.8) is 0 Å². The average Bonchev–Trinajstić information content (AvgIpc) is 3.24. The van der Waals surface area contributed by atoms with Crippen molar-refractivity contribution in [2.24, 2.45) is 0 Å². The number of para-hydroxylation sites is 2. The van der Waals surface area contributed by atoms with Crippen molar-refractivity contribution in [2.75, 3.05) is 63.1 Å². The number of likely N-dealkylation sites (N-methyl/N-ethyl adjacent to an activating group) is 1. The standard InChI is InChI=1S/C35H44N4O3.2ClH/c1-37-23-25-38(26-24-37)21-9-2-3-11-27-42-33-16-7-5-14-31(33)34(40)36-30-19-17-29(18-20-30)35(41)39-22-10-8-13-28-12-4-6-15-32(28)39;;/h4-7,12,14-20H,2-3,8-11,13,21-27H2,1H3,(H,36,40);2*1H. The first-order chi connectivity index (χ1) is 20.6. The van der Waals surface area contributed by atoms with Crippen LogP contribution in [0.4, 0.5) is 11.4 Å². The first-order valence-electron chi connectivity index (χ1n) is 15.5. The number of carbonyl (C=O) groups excluding carboxylic acids is 2. The smallest absolute Gasteiger partial charge is 0.259 e. The molecule has 7 nitrogen and oxygen atoms in total. The van der Waals surface area contributed by atoms with Gasteiger partial charge in [-0.05, 0) is 93.7 Å². The molecule has 1 N–H and O–H groups in total. The summed E-state index contributed by atoms with van der Waals surface area (Å²) in [5.74, 6) is 0.359. The number of nitrogens with one attached hydrogen (secondary N) is 1. The normalized spacial score (nSPS) is 15.2. The number of rotatable bonds is 11. The summed E-state index contributed by atoms with van der Waals surface area (Å²) in [6.07, 6.45) is 7.55. The lowest BCUT2D eigenvalue weighted by molar-refractivity contribution is 0.0985. The minimum Gasteiger partial charge on any atom is -0.493 e. The summed E-state index contributed by atoms with van der Waals surface area (Å²) >= 11 is 0. The van der Waals surface area contributed by atoms with Gasteiger partial charge in [-0.3, -0.25) is 9.59 Å². The van der Waals surface area contributed by atoms with Gasteiger partial charge in [0.2, 0.25) is 0 Å². The van der Waals surface area contributed by atoms with E-state index < -0.39 is 0 Å². The molecule has 0 saturated carbocycles. The van der Waals surface area contributed by atoms with Gasteiger partial charge < -0.3 is 24.8 Å². The Balaban J connectivity index is 0.00000264. The van der Waals surface area contributed by atoms with Gasteiger partial charge in [-0.25, -0.2) is 0 Å². The van der Waals surface area contributed by atoms with Crippen LogP contribution in [0.5, 0.6) is 5.75 Å². The molecule has 44 heavy (non-hydrogen) atoms. The Hall–Kier alpha value is -3.10. The van der Waals surface area contributed by atoms with Crippen LogP contribution in [0.15, 0.2) is 72.8 Å². The molecule has 0 atom stereocenters. The van der Waals surface area contributed by atoms with Gasteiger partial charge in [-0.1, -0.05) is 43.2 Å². The molecule has 3 aromatic carbocycles. The number of benzene rings is 3. The summed E-state index contributed by atoms with van der Waals surface area (Å²) in [6, 6.07) is 22.7. The predicted octanol–water partition coefficient (Wildman–Crippen LogP) is 6.95. The van der Waals surface area contributed by atoms with Crippen LogP contribution in [-0.2, 0) is 6.42 Å². The van der Waals surface area contributed by atoms with E-state index in [0.29, 0.717) is 35.7 Å². The van der Waals surface area contributed by atoms with Crippen LogP contribution in [0.25, 0.3) is 0 Å². The zero-order chi connectivity index (χ0) is 29.1. The number of carbonyl (C=O) groups is 2. The molecule has 0 aliphatic carbocycles. The lowest BCUT2D eigenvalue weighted by Crippen LogP contribution is -2.44. The zero-order valence-corrected chi connectivity index (χ0v) is 27.3. The number of halogens is 2. The zero-order valence-electron chi connectivity index (χ0n) is 25.7. The molecular weight excluding hydrogens is 595 g/mol. The average molecular weight is 642 g/mol. The number of hydrogen-bond acceptors (Lipinski definition) is 5. The van der Waals surface area contributed by atoms with Gasteiger partial charge in [0.25, 0.3) is 11.8 Å². The number of amides is 2. The molecular formula is C35H46Cl2N4O3. The molecule has 238 valence electrons. The maximum absolute atomic E-state index is 13.4. The number of nitrogens with zero attached hydrogens (tertiary/aromatic N) is 3. The molecule has 5 rings (SSSR count). The highest BCUT2D eigenvalue weighted by Crippen LogP contribution is 2.28. The third kappa shape index (κ3) is 9.70. The van der Waals surface area contributed by atoms with Crippen LogP contribution in [0, 0.1) is 0 Å². The largest absolute Gasteiger partial charge is 0.493 e. The number of aryl methyl sites for hydroxylation is 1. The topological polar surface area (TPSA) is 65.1 Å². The summed E-state index contributed by atoms with van der Waals surface area (Å²) in [5, 5.41) is 2.97. The van der Waals surface area contributed by atoms with E-state index in [0.717, 1.165) is 37.8 Å². The molecule has 1 saturated heterocycles. The van der Waals surface area contributed by atoms with Crippen LogP contribution in [0.2, 0.25) is 0 Å². The van der Waals surface area contributed by atoms with E-state index in [1.54, 1.807) is 30.3 Å². The fraction of sp³-hybridized carbons (Fsp3) is 0.429. The predicted molar refractivity (Wildman–Crippen MR) is 184 cm³/mol. The molecule has 9 heteroatoms. The minimum absolute atomic E-state index is 0. The maximum atomic E-state index is 13.4. The Morgan fingerprint density at radius 1 is 0.773 bits per heavy atom. The monoisotopic (exact) mass is 640 g/mol. The summed E-state index contributed by atoms with van der Waals surface area (Å²) < 4.78 is 6.03. The lowest BCUT2D eigenvalue weighted by atomic mass is 10.1. The molecule has 2 aliphatic rings. The second-order valence-corrected chi connectivity index (χ2v) is 11.5. The quantitative estimate of drug-likeness (QED) is 0.230. The van der Waals surface area contributed by atoms with Crippen molar-refractivity contribution in [1.29, 1.82) is 0 Å². The van der Waals surface area contributed by atoms with E-state index in [4.69, 9.17) is 4.74 Å². The molecule has 2 aliphatic heterocycles. The SMILES string of the molecule is CN1CCN(CCCCCCOc2ccccc2C(=O)Nc2ccc(C(=O)N3CCCCc4ccccc43)cc2)CC1.Cl.Cl. The number of anilines is 2. The van der Waals surface area contributed by atoms with Crippen molar-refractivity contribution in [3.8, 4) is 5.75 Å². The number of unbranched alkanes of at least 4 members (excludes halogenated alkanes) is 3. The number of hydrogen-bond donors (Lipinski definition) is 1. The molecule has 3 aromatic rings. The fourth-order valence-corrected chi connectivity index (χ4v) is 5.78. The van der Waals surface area contributed by atoms with Gasteiger partial charge >= 0.3 is 0 Å². The number of piperazine rings is 1. The molecule has 1 fully saturated rings. The van der Waals surface area contributed by atoms with E-state index in [1.165, 1.54) is 51.1 Å². The van der Waals surface area contributed by atoms with Crippen molar-refractivity contribution in [3.05, 3.63) is 89.5 Å². The Bertz CT molecular complexity index is 1330.